The number of rotatable bonds is 3. The first kappa shape index (κ1) is 16.7. The highest BCUT2D eigenvalue weighted by molar-refractivity contribution is 7.11. The minimum atomic E-state index is 0.790. The molecule has 0 aliphatic carbocycles. The topological polar surface area (TPSA) is 41.5 Å². The van der Waals surface area contributed by atoms with Gasteiger partial charge in [-0.25, -0.2) is 9.97 Å². The highest BCUT2D eigenvalue weighted by Crippen LogP contribution is 2.31. The lowest BCUT2D eigenvalue weighted by atomic mass is 10.1. The molecule has 2 aromatic heterocycles. The summed E-state index contributed by atoms with van der Waals surface area (Å²) in [6.07, 6.45) is 5.11. The van der Waals surface area contributed by atoms with Gasteiger partial charge in [0.25, 0.3) is 0 Å². The molecule has 0 radical (unpaired) electrons. The number of nitrogens with zero attached hydrogens (tertiary/aromatic N) is 4. The van der Waals surface area contributed by atoms with Crippen molar-refractivity contribution in [3.63, 3.8) is 0 Å². The molecule has 0 unspecified atom stereocenters. The van der Waals surface area contributed by atoms with Crippen LogP contribution < -0.4 is 9.80 Å². The summed E-state index contributed by atoms with van der Waals surface area (Å²) in [6.45, 7) is 5.34. The van der Waals surface area contributed by atoms with Gasteiger partial charge in [0.05, 0.1) is 18.7 Å². The molecule has 1 saturated heterocycles. The lowest BCUT2D eigenvalue weighted by Gasteiger charge is -2.30. The Hall–Kier alpha value is -2.44. The fourth-order valence-corrected chi connectivity index (χ4v) is 4.63. The molecule has 0 amide bonds. The molecule has 1 aromatic carbocycles. The van der Waals surface area contributed by atoms with Crippen molar-refractivity contribution in [3.05, 3.63) is 53.0 Å². The van der Waals surface area contributed by atoms with E-state index in [1.165, 1.54) is 16.1 Å². The summed E-state index contributed by atoms with van der Waals surface area (Å²) in [6, 6.07) is 10.9. The molecule has 5 rings (SSSR count). The smallest absolute Gasteiger partial charge is 0.140 e. The first-order chi connectivity index (χ1) is 13.4. The van der Waals surface area contributed by atoms with Gasteiger partial charge in [-0.1, -0.05) is 12.1 Å². The summed E-state index contributed by atoms with van der Waals surface area (Å²) in [7, 11) is 0. The van der Waals surface area contributed by atoms with Crippen LogP contribution in [0.2, 0.25) is 0 Å². The normalized spacial score (nSPS) is 18.0. The van der Waals surface area contributed by atoms with Crippen molar-refractivity contribution in [2.24, 2.45) is 0 Å². The minimum absolute atomic E-state index is 0.790. The molecule has 0 N–H and O–H groups in total. The van der Waals surface area contributed by atoms with Gasteiger partial charge in [-0.15, -0.1) is 11.3 Å². The van der Waals surface area contributed by atoms with Crippen LogP contribution in [0.3, 0.4) is 0 Å². The molecule has 3 aromatic rings. The van der Waals surface area contributed by atoms with Gasteiger partial charge in [0.1, 0.15) is 12.1 Å². The molecule has 0 bridgehead atoms. The van der Waals surface area contributed by atoms with Crippen LogP contribution in [0.15, 0.2) is 48.1 Å². The van der Waals surface area contributed by atoms with Crippen LogP contribution in [0.25, 0.3) is 16.5 Å². The van der Waals surface area contributed by atoms with E-state index < -0.39 is 0 Å². The van der Waals surface area contributed by atoms with Gasteiger partial charge >= 0.3 is 0 Å². The van der Waals surface area contributed by atoms with Crippen molar-refractivity contribution in [2.75, 3.05) is 49.2 Å². The van der Waals surface area contributed by atoms with E-state index in [4.69, 9.17) is 4.74 Å². The maximum atomic E-state index is 5.47. The average Bonchev–Trinajstić information content (AvgIpc) is 3.29. The molecule has 27 heavy (non-hydrogen) atoms. The molecule has 0 spiro atoms. The summed E-state index contributed by atoms with van der Waals surface area (Å²) < 4.78 is 5.47. The zero-order valence-electron chi connectivity index (χ0n) is 15.2. The lowest BCUT2D eigenvalue weighted by Crippen LogP contribution is -2.36. The second-order valence-corrected chi connectivity index (χ2v) is 7.86. The number of benzene rings is 1. The van der Waals surface area contributed by atoms with Gasteiger partial charge in [-0.05, 0) is 41.6 Å². The van der Waals surface area contributed by atoms with E-state index in [9.17, 15) is 0 Å². The Kier molecular flexibility index (Phi) is 4.51. The van der Waals surface area contributed by atoms with Gasteiger partial charge in [-0.3, -0.25) is 0 Å². The fraction of sp³-hybridized carbons (Fsp3) is 0.333. The third-order valence-corrected chi connectivity index (χ3v) is 6.21. The Bertz CT molecular complexity index is 963. The Morgan fingerprint density at radius 3 is 2.78 bits per heavy atom. The maximum Gasteiger partial charge on any atom is 0.140 e. The third-order valence-electron chi connectivity index (χ3n) is 5.26. The Labute approximate surface area is 162 Å². The van der Waals surface area contributed by atoms with Crippen LogP contribution in [-0.2, 0) is 4.74 Å². The monoisotopic (exact) mass is 378 g/mol. The van der Waals surface area contributed by atoms with E-state index in [1.807, 2.05) is 0 Å². The predicted molar refractivity (Wildman–Crippen MR) is 112 cm³/mol. The number of morpholine rings is 1. The van der Waals surface area contributed by atoms with Gasteiger partial charge in [0.2, 0.25) is 0 Å². The number of thiophene rings is 1. The summed E-state index contributed by atoms with van der Waals surface area (Å²) in [5, 5.41) is 3.27. The Morgan fingerprint density at radius 1 is 1.00 bits per heavy atom. The molecule has 0 saturated carbocycles. The van der Waals surface area contributed by atoms with Crippen molar-refractivity contribution in [3.8, 4) is 0 Å². The van der Waals surface area contributed by atoms with Crippen molar-refractivity contribution in [1.82, 2.24) is 9.97 Å². The van der Waals surface area contributed by atoms with Crippen LogP contribution in [-0.4, -0.2) is 49.4 Å². The molecular weight excluding hydrogens is 356 g/mol. The average molecular weight is 379 g/mol. The van der Waals surface area contributed by atoms with Crippen LogP contribution in [0.1, 0.15) is 11.3 Å². The molecule has 0 atom stereocenters. The Morgan fingerprint density at radius 2 is 1.93 bits per heavy atom. The molecular formula is C21H22N4OS. The zero-order chi connectivity index (χ0) is 18.1. The highest BCUT2D eigenvalue weighted by Gasteiger charge is 2.19. The van der Waals surface area contributed by atoms with Crippen LogP contribution in [0.4, 0.5) is 11.5 Å². The minimum Gasteiger partial charge on any atom is -0.378 e. The number of hydrogen-bond acceptors (Lipinski definition) is 6. The number of fused-ring (bicyclic) bond motifs is 1. The summed E-state index contributed by atoms with van der Waals surface area (Å²) in [5.74, 6) is 1.04. The lowest BCUT2D eigenvalue weighted by molar-refractivity contribution is 0.122. The molecule has 2 aliphatic heterocycles. The molecule has 1 fully saturated rings. The molecule has 2 aliphatic rings. The van der Waals surface area contributed by atoms with Crippen LogP contribution >= 0.6 is 11.3 Å². The van der Waals surface area contributed by atoms with Gasteiger partial charge in [0.15, 0.2) is 0 Å². The molecule has 5 nitrogen and oxygen atoms in total. The van der Waals surface area contributed by atoms with Gasteiger partial charge in [0, 0.05) is 42.1 Å². The number of ether oxygens (including phenoxy) is 1. The van der Waals surface area contributed by atoms with E-state index in [0.29, 0.717) is 0 Å². The maximum absolute atomic E-state index is 5.47. The molecule has 4 heterocycles. The van der Waals surface area contributed by atoms with Gasteiger partial charge < -0.3 is 14.5 Å². The molecule has 138 valence electrons. The van der Waals surface area contributed by atoms with Crippen molar-refractivity contribution < 1.29 is 4.74 Å². The fourth-order valence-electron chi connectivity index (χ4n) is 3.87. The quantitative estimate of drug-likeness (QED) is 0.693. The molecule has 6 heteroatoms. The zero-order valence-corrected chi connectivity index (χ0v) is 16.0. The van der Waals surface area contributed by atoms with Crippen molar-refractivity contribution >= 4 is 39.3 Å². The first-order valence-corrected chi connectivity index (χ1v) is 10.3. The first-order valence-electron chi connectivity index (χ1n) is 9.44. The van der Waals surface area contributed by atoms with E-state index in [-0.39, 0.29) is 0 Å². The number of hydrogen-bond donors (Lipinski definition) is 0. The van der Waals surface area contributed by atoms with Crippen LogP contribution in [0, 0.1) is 0 Å². The van der Waals surface area contributed by atoms with E-state index in [1.54, 1.807) is 17.7 Å². The number of anilines is 2. The van der Waals surface area contributed by atoms with Crippen LogP contribution in [0.5, 0.6) is 0 Å². The van der Waals surface area contributed by atoms with E-state index in [0.717, 1.165) is 62.5 Å². The van der Waals surface area contributed by atoms with Crippen molar-refractivity contribution in [2.45, 2.75) is 6.42 Å². The highest BCUT2D eigenvalue weighted by atomic mass is 32.1. The number of aromatic nitrogens is 2. The largest absolute Gasteiger partial charge is 0.378 e. The SMILES string of the molecule is C1=C(c2cccs2)CN(c2ncnc3cc(N4CCOCC4)ccc23)CC1. The summed E-state index contributed by atoms with van der Waals surface area (Å²) in [5.41, 5.74) is 3.62. The van der Waals surface area contributed by atoms with Crippen molar-refractivity contribution in [1.29, 1.82) is 0 Å². The summed E-state index contributed by atoms with van der Waals surface area (Å²) in [4.78, 5) is 15.3. The predicted octanol–water partition coefficient (Wildman–Crippen LogP) is 3.82. The van der Waals surface area contributed by atoms with Gasteiger partial charge in [-0.2, -0.15) is 0 Å². The second-order valence-electron chi connectivity index (χ2n) is 6.92. The third kappa shape index (κ3) is 3.31. The second kappa shape index (κ2) is 7.29. The Balaban J connectivity index is 1.46. The van der Waals surface area contributed by atoms with E-state index in [2.05, 4.69) is 61.6 Å². The standard InChI is InChI=1S/C21H22N4OS/c1-3-16(20-4-2-12-27-20)14-25(7-1)21-18-6-5-17(13-19(18)22-15-23-21)24-8-10-26-11-9-24/h2-6,12-13,15H,1,7-11,14H2. The van der Waals surface area contributed by atoms with E-state index >= 15 is 0 Å². The summed E-state index contributed by atoms with van der Waals surface area (Å²) >= 11 is 1.80.